The quantitative estimate of drug-likeness (QED) is 0.375. The minimum atomic E-state index is -0.587. The van der Waals surface area contributed by atoms with Gasteiger partial charge < -0.3 is 14.5 Å². The number of halogens is 1. The molecule has 0 bridgehead atoms. The summed E-state index contributed by atoms with van der Waals surface area (Å²) >= 11 is 6.78. The molecule has 0 aliphatic carbocycles. The van der Waals surface area contributed by atoms with Crippen molar-refractivity contribution in [2.24, 2.45) is 0 Å². The van der Waals surface area contributed by atoms with E-state index >= 15 is 0 Å². The fraction of sp³-hybridized carbons (Fsp3) is 0.0833. The van der Waals surface area contributed by atoms with Gasteiger partial charge in [-0.2, -0.15) is 0 Å². The maximum absolute atomic E-state index is 12.7. The highest BCUT2D eigenvalue weighted by Crippen LogP contribution is 2.34. The lowest BCUT2D eigenvalue weighted by molar-refractivity contribution is -0.127. The van der Waals surface area contributed by atoms with Crippen LogP contribution < -0.4 is 5.32 Å². The highest BCUT2D eigenvalue weighted by Gasteiger charge is 2.36. The lowest BCUT2D eigenvalue weighted by Gasteiger charge is -2.12. The van der Waals surface area contributed by atoms with E-state index in [-0.39, 0.29) is 15.5 Å². The van der Waals surface area contributed by atoms with Gasteiger partial charge in [0.25, 0.3) is 11.1 Å². The Kier molecular flexibility index (Phi) is 6.85. The van der Waals surface area contributed by atoms with E-state index in [1.807, 2.05) is 6.07 Å². The molecule has 172 valence electrons. The molecule has 3 amide bonds. The molecule has 0 radical (unpaired) electrons. The number of carbonyl (C=O) groups excluding carboxylic acids is 4. The van der Waals surface area contributed by atoms with Crippen LogP contribution in [0.5, 0.6) is 0 Å². The van der Waals surface area contributed by atoms with E-state index in [9.17, 15) is 19.2 Å². The van der Waals surface area contributed by atoms with E-state index in [2.05, 4.69) is 5.32 Å². The average molecular weight is 497 g/mol. The monoisotopic (exact) mass is 496 g/mol. The number of nitrogens with zero attached hydrogens (tertiary/aromatic N) is 1. The Hall–Kier alpha value is -3.82. The van der Waals surface area contributed by atoms with Gasteiger partial charge in [0.15, 0.2) is 0 Å². The number of anilines is 1. The minimum Gasteiger partial charge on any atom is -0.465 e. The largest absolute Gasteiger partial charge is 0.465 e. The van der Waals surface area contributed by atoms with Crippen LogP contribution in [0.3, 0.4) is 0 Å². The Labute approximate surface area is 203 Å². The Balaban J connectivity index is 1.48. The SMILES string of the molecule is COC(=O)c1cc(-c2ccc(/C=C3/SC(=O)N(CC(=O)Nc4ccccc4)C3=O)o2)ccc1Cl. The summed E-state index contributed by atoms with van der Waals surface area (Å²) in [5.41, 5.74) is 1.33. The van der Waals surface area contributed by atoms with Gasteiger partial charge >= 0.3 is 5.97 Å². The van der Waals surface area contributed by atoms with Crippen LogP contribution in [-0.2, 0) is 14.3 Å². The third kappa shape index (κ3) is 5.05. The van der Waals surface area contributed by atoms with Crippen LogP contribution >= 0.6 is 23.4 Å². The first kappa shape index (κ1) is 23.3. The van der Waals surface area contributed by atoms with Crippen molar-refractivity contribution < 1.29 is 28.3 Å². The molecular weight excluding hydrogens is 480 g/mol. The maximum Gasteiger partial charge on any atom is 0.339 e. The van der Waals surface area contributed by atoms with Crippen molar-refractivity contribution in [1.82, 2.24) is 4.90 Å². The standard InChI is InChI=1S/C24H17ClN2O6S/c1-32-23(30)17-11-14(7-9-18(17)25)19-10-8-16(33-19)12-20-22(29)27(24(31)34-20)13-21(28)26-15-5-3-2-4-6-15/h2-12H,13H2,1H3,(H,26,28)/b20-12+. The van der Waals surface area contributed by atoms with Crippen molar-refractivity contribution in [1.29, 1.82) is 0 Å². The second-order valence-corrected chi connectivity index (χ2v) is 8.47. The second-order valence-electron chi connectivity index (χ2n) is 7.07. The molecular formula is C24H17ClN2O6S. The second kappa shape index (κ2) is 9.98. The van der Waals surface area contributed by atoms with Gasteiger partial charge in [-0.05, 0) is 54.2 Å². The Morgan fingerprint density at radius 2 is 1.88 bits per heavy atom. The summed E-state index contributed by atoms with van der Waals surface area (Å²) in [4.78, 5) is 50.2. The number of imide groups is 1. The van der Waals surface area contributed by atoms with Gasteiger partial charge in [0, 0.05) is 17.3 Å². The molecule has 34 heavy (non-hydrogen) atoms. The molecule has 8 nitrogen and oxygen atoms in total. The van der Waals surface area contributed by atoms with Gasteiger partial charge in [0.1, 0.15) is 18.1 Å². The zero-order valence-corrected chi connectivity index (χ0v) is 19.3. The van der Waals surface area contributed by atoms with Gasteiger partial charge in [-0.3, -0.25) is 19.3 Å². The van der Waals surface area contributed by atoms with Crippen LogP contribution in [0, 0.1) is 0 Å². The zero-order chi connectivity index (χ0) is 24.2. The van der Waals surface area contributed by atoms with E-state index in [4.69, 9.17) is 20.8 Å². The summed E-state index contributed by atoms with van der Waals surface area (Å²) in [6.07, 6.45) is 1.43. The maximum atomic E-state index is 12.7. The van der Waals surface area contributed by atoms with Crippen molar-refractivity contribution in [3.05, 3.63) is 81.9 Å². The predicted molar refractivity (Wildman–Crippen MR) is 128 cm³/mol. The first-order valence-electron chi connectivity index (χ1n) is 9.94. The summed E-state index contributed by atoms with van der Waals surface area (Å²) in [5, 5.41) is 2.34. The highest BCUT2D eigenvalue weighted by atomic mass is 35.5. The molecule has 3 aromatic rings. The number of hydrogen-bond acceptors (Lipinski definition) is 7. The molecule has 10 heteroatoms. The smallest absolute Gasteiger partial charge is 0.339 e. The van der Waals surface area contributed by atoms with Crippen LogP contribution in [0.15, 0.2) is 70.0 Å². The normalized spacial score (nSPS) is 14.5. The number of para-hydroxylation sites is 1. The summed E-state index contributed by atoms with van der Waals surface area (Å²) in [5.74, 6) is -0.906. The fourth-order valence-electron chi connectivity index (χ4n) is 3.16. The molecule has 0 saturated carbocycles. The number of amides is 3. The fourth-order valence-corrected chi connectivity index (χ4v) is 4.17. The molecule has 2 heterocycles. The highest BCUT2D eigenvalue weighted by molar-refractivity contribution is 8.18. The number of benzene rings is 2. The van der Waals surface area contributed by atoms with Gasteiger partial charge in [-0.15, -0.1) is 0 Å². The van der Waals surface area contributed by atoms with Crippen LogP contribution in [0.4, 0.5) is 10.5 Å². The minimum absolute atomic E-state index is 0.129. The number of methoxy groups -OCH3 is 1. The summed E-state index contributed by atoms with van der Waals surface area (Å²) in [6.45, 7) is -0.401. The molecule has 1 aromatic heterocycles. The van der Waals surface area contributed by atoms with Crippen molar-refractivity contribution in [2.45, 2.75) is 0 Å². The lowest BCUT2D eigenvalue weighted by atomic mass is 10.1. The lowest BCUT2D eigenvalue weighted by Crippen LogP contribution is -2.36. The molecule has 1 N–H and O–H groups in total. The molecule has 4 rings (SSSR count). The third-order valence-electron chi connectivity index (χ3n) is 4.79. The Bertz CT molecular complexity index is 1320. The first-order chi connectivity index (χ1) is 16.4. The van der Waals surface area contributed by atoms with Crippen LogP contribution in [0.25, 0.3) is 17.4 Å². The number of thioether (sulfide) groups is 1. The summed E-state index contributed by atoms with van der Waals surface area (Å²) in [6, 6.07) is 16.8. The molecule has 2 aromatic carbocycles. The van der Waals surface area contributed by atoms with E-state index < -0.39 is 29.6 Å². The van der Waals surface area contributed by atoms with Crippen LogP contribution in [0.2, 0.25) is 5.02 Å². The van der Waals surface area contributed by atoms with Gasteiger partial charge in [0.05, 0.1) is 22.6 Å². The number of ether oxygens (including phenoxy) is 1. The van der Waals surface area contributed by atoms with E-state index in [0.717, 1.165) is 16.7 Å². The van der Waals surface area contributed by atoms with Crippen molar-refractivity contribution in [2.75, 3.05) is 19.0 Å². The molecule has 0 spiro atoms. The van der Waals surface area contributed by atoms with E-state index in [1.165, 1.54) is 19.3 Å². The number of nitrogens with one attached hydrogen (secondary N) is 1. The van der Waals surface area contributed by atoms with Gasteiger partial charge in [-0.25, -0.2) is 4.79 Å². The molecule has 1 aliphatic heterocycles. The molecule has 1 saturated heterocycles. The topological polar surface area (TPSA) is 106 Å². The van der Waals surface area contributed by atoms with Crippen molar-refractivity contribution in [3.8, 4) is 11.3 Å². The number of furan rings is 1. The van der Waals surface area contributed by atoms with Gasteiger partial charge in [0.2, 0.25) is 5.91 Å². The van der Waals surface area contributed by atoms with E-state index in [0.29, 0.717) is 22.8 Å². The molecule has 0 atom stereocenters. The van der Waals surface area contributed by atoms with E-state index in [1.54, 1.807) is 48.5 Å². The van der Waals surface area contributed by atoms with Crippen molar-refractivity contribution in [3.63, 3.8) is 0 Å². The van der Waals surface area contributed by atoms with Crippen LogP contribution in [-0.4, -0.2) is 41.6 Å². The molecule has 1 aliphatic rings. The van der Waals surface area contributed by atoms with Gasteiger partial charge in [-0.1, -0.05) is 29.8 Å². The zero-order valence-electron chi connectivity index (χ0n) is 17.7. The average Bonchev–Trinajstić information content (AvgIpc) is 3.40. The Morgan fingerprint density at radius 3 is 2.62 bits per heavy atom. The molecule has 0 unspecified atom stereocenters. The number of carbonyl (C=O) groups is 4. The first-order valence-corrected chi connectivity index (χ1v) is 11.1. The number of esters is 1. The Morgan fingerprint density at radius 1 is 1.12 bits per heavy atom. The third-order valence-corrected chi connectivity index (χ3v) is 6.03. The van der Waals surface area contributed by atoms with Crippen LogP contribution in [0.1, 0.15) is 16.1 Å². The molecule has 1 fully saturated rings. The predicted octanol–water partition coefficient (Wildman–Crippen LogP) is 5.06. The van der Waals surface area contributed by atoms with Crippen molar-refractivity contribution >= 4 is 58.1 Å². The summed E-state index contributed by atoms with van der Waals surface area (Å²) < 4.78 is 10.5. The summed E-state index contributed by atoms with van der Waals surface area (Å²) in [7, 11) is 1.26. The number of hydrogen-bond donors (Lipinski definition) is 1. The number of rotatable bonds is 6.